The highest BCUT2D eigenvalue weighted by molar-refractivity contribution is 5.98. The molecule has 3 heterocycles. The van der Waals surface area contributed by atoms with Crippen LogP contribution in [-0.2, 0) is 4.79 Å². The molecule has 3 fully saturated rings. The van der Waals surface area contributed by atoms with Gasteiger partial charge < -0.3 is 15.8 Å². The van der Waals surface area contributed by atoms with E-state index in [-0.39, 0.29) is 39.2 Å². The van der Waals surface area contributed by atoms with E-state index in [9.17, 15) is 23.2 Å². The predicted octanol–water partition coefficient (Wildman–Crippen LogP) is 6.06. The van der Waals surface area contributed by atoms with Crippen LogP contribution in [0.5, 0.6) is 0 Å². The van der Waals surface area contributed by atoms with Gasteiger partial charge in [0.2, 0.25) is 0 Å². The number of halogens is 3. The average molecular weight is 520 g/mol. The summed E-state index contributed by atoms with van der Waals surface area (Å²) >= 11 is 0. The molecule has 7 nitrogen and oxygen atoms in total. The lowest BCUT2D eigenvalue weighted by Gasteiger charge is -2.40. The normalized spacial score (nSPS) is 20.0. The van der Waals surface area contributed by atoms with Crippen LogP contribution in [0, 0.1) is 46.5 Å². The Bertz CT molecular complexity index is 1560. The van der Waals surface area contributed by atoms with Crippen molar-refractivity contribution in [1.29, 1.82) is 5.26 Å². The third kappa shape index (κ3) is 4.56. The Morgan fingerprint density at radius 3 is 2.53 bits per heavy atom. The second kappa shape index (κ2) is 10.2. The lowest BCUT2D eigenvalue weighted by molar-refractivity contribution is -0.147. The van der Waals surface area contributed by atoms with E-state index in [1.54, 1.807) is 12.1 Å². The number of benzene rings is 1. The molecule has 4 aromatic rings. The van der Waals surface area contributed by atoms with E-state index >= 15 is 0 Å². The molecule has 0 spiro atoms. The van der Waals surface area contributed by atoms with Crippen molar-refractivity contribution in [3.63, 3.8) is 0 Å². The first-order valence-electron chi connectivity index (χ1n) is 12.3. The molecule has 3 saturated carbocycles. The van der Waals surface area contributed by atoms with Gasteiger partial charge in [0.05, 0.1) is 22.7 Å². The first-order valence-corrected chi connectivity index (χ1v) is 12.3. The highest BCUT2D eigenvalue weighted by Gasteiger charge is 2.39. The first kappa shape index (κ1) is 25.3. The molecule has 7 rings (SSSR count). The molecule has 1 atom stereocenters. The quantitative estimate of drug-likeness (QED) is 0.302. The highest BCUT2D eigenvalue weighted by atomic mass is 19.1. The molecule has 2 bridgehead atoms. The van der Waals surface area contributed by atoms with Crippen LogP contribution in [0.4, 0.5) is 19.0 Å². The number of hydrogen-bond acceptors (Lipinski definition) is 5. The molecular weight excluding hydrogens is 495 g/mol. The number of carboxylic acid groups (broad SMARTS) is 1. The zero-order valence-electron chi connectivity index (χ0n) is 20.2. The van der Waals surface area contributed by atoms with Crippen LogP contribution < -0.4 is 5.73 Å². The molecule has 0 radical (unpaired) electrons. The minimum absolute atomic E-state index is 0.00231. The summed E-state index contributed by atoms with van der Waals surface area (Å²) in [5.41, 5.74) is 6.17. The number of nitrogen functional groups attached to an aromatic ring is 1. The number of carbonyl (C=O) groups is 1. The number of rotatable bonds is 3. The molecule has 3 aromatic heterocycles. The van der Waals surface area contributed by atoms with Crippen LogP contribution in [0.3, 0.4) is 0 Å². The third-order valence-corrected chi connectivity index (χ3v) is 7.55. The molecule has 0 aliphatic heterocycles. The van der Waals surface area contributed by atoms with Gasteiger partial charge in [0.15, 0.2) is 11.6 Å². The van der Waals surface area contributed by atoms with Crippen molar-refractivity contribution in [1.82, 2.24) is 15.0 Å². The summed E-state index contributed by atoms with van der Waals surface area (Å²) < 4.78 is 42.4. The third-order valence-electron chi connectivity index (χ3n) is 7.55. The Kier molecular flexibility index (Phi) is 6.76. The van der Waals surface area contributed by atoms with Crippen molar-refractivity contribution in [3.8, 4) is 28.5 Å². The fraction of sp³-hybridized carbons (Fsp3) is 0.286. The average Bonchev–Trinajstić information content (AvgIpc) is 3.35. The molecule has 194 valence electrons. The maximum absolute atomic E-state index is 14.7. The molecule has 0 saturated heterocycles. The molecule has 3 aliphatic carbocycles. The van der Waals surface area contributed by atoms with Gasteiger partial charge in [-0.2, -0.15) is 5.26 Å². The lowest BCUT2D eigenvalue weighted by Crippen LogP contribution is -2.35. The Balaban J connectivity index is 0.000000222. The molecule has 0 amide bonds. The van der Waals surface area contributed by atoms with Crippen LogP contribution in [-0.4, -0.2) is 26.0 Å². The van der Waals surface area contributed by atoms with E-state index in [0.717, 1.165) is 24.5 Å². The minimum Gasteiger partial charge on any atom is -0.481 e. The number of fused-ring (bicyclic) bond motifs is 4. The highest BCUT2D eigenvalue weighted by Crippen LogP contribution is 2.45. The first-order chi connectivity index (χ1) is 18.3. The van der Waals surface area contributed by atoms with E-state index in [4.69, 9.17) is 10.8 Å². The summed E-state index contributed by atoms with van der Waals surface area (Å²) in [4.78, 5) is 21.3. The second-order valence-corrected chi connectivity index (χ2v) is 9.74. The van der Waals surface area contributed by atoms with Crippen LogP contribution in [0.15, 0.2) is 42.9 Å². The van der Waals surface area contributed by atoms with Gasteiger partial charge in [0.25, 0.3) is 0 Å². The van der Waals surface area contributed by atoms with Gasteiger partial charge in [-0.15, -0.1) is 0 Å². The van der Waals surface area contributed by atoms with Gasteiger partial charge in [-0.25, -0.2) is 18.2 Å². The number of nitrogens with zero attached hydrogens (tertiary/aromatic N) is 3. The van der Waals surface area contributed by atoms with Crippen molar-refractivity contribution < 1.29 is 23.1 Å². The van der Waals surface area contributed by atoms with Crippen molar-refractivity contribution >= 4 is 22.7 Å². The smallest absolute Gasteiger partial charge is 0.306 e. The van der Waals surface area contributed by atoms with Crippen LogP contribution >= 0.6 is 0 Å². The van der Waals surface area contributed by atoms with Gasteiger partial charge in [0.1, 0.15) is 17.7 Å². The topological polar surface area (TPSA) is 129 Å². The van der Waals surface area contributed by atoms with E-state index in [1.807, 2.05) is 6.07 Å². The number of aromatic amines is 1. The van der Waals surface area contributed by atoms with Crippen molar-refractivity contribution in [2.24, 2.45) is 17.8 Å². The summed E-state index contributed by atoms with van der Waals surface area (Å²) in [5, 5.41) is 18.7. The summed E-state index contributed by atoms with van der Waals surface area (Å²) in [6.07, 6.45) is 10.1. The minimum atomic E-state index is -0.861. The predicted molar refractivity (Wildman–Crippen MR) is 135 cm³/mol. The van der Waals surface area contributed by atoms with Gasteiger partial charge >= 0.3 is 5.97 Å². The number of nitrogens with two attached hydrogens (primary N) is 1. The number of aliphatic carboxylic acids is 1. The fourth-order valence-electron chi connectivity index (χ4n) is 5.70. The zero-order chi connectivity index (χ0) is 27.0. The van der Waals surface area contributed by atoms with E-state index in [0.29, 0.717) is 11.5 Å². The molecular formula is C28H24F3N5O2. The van der Waals surface area contributed by atoms with E-state index in [2.05, 4.69) is 15.0 Å². The standard InChI is InChI=1S/C19H10F3N5.C9H14O2/c20-10-4-11-13(8-26-18(11)14(21)5-10)17-12(6-23)15(16(22)19(24)27-17)9-2-1-3-25-7-9;10-9(11)8-5-6-1-3-7(8)4-2-6/h1-5,7-8,26H,(H2,24,27);6-8H,1-5H2,(H,10,11). The Morgan fingerprint density at radius 1 is 1.18 bits per heavy atom. The molecule has 1 unspecified atom stereocenters. The summed E-state index contributed by atoms with van der Waals surface area (Å²) in [5.74, 6) is -2.19. The Labute approximate surface area is 216 Å². The number of aromatic nitrogens is 3. The molecule has 3 aliphatic rings. The Morgan fingerprint density at radius 2 is 1.95 bits per heavy atom. The van der Waals surface area contributed by atoms with Gasteiger partial charge in [-0.05, 0) is 43.2 Å². The number of carboxylic acids is 1. The van der Waals surface area contributed by atoms with E-state index in [1.165, 1.54) is 44.3 Å². The van der Waals surface area contributed by atoms with Gasteiger partial charge in [-0.1, -0.05) is 18.9 Å². The number of nitrogens with one attached hydrogen (secondary N) is 1. The molecule has 38 heavy (non-hydrogen) atoms. The number of hydrogen-bond donors (Lipinski definition) is 3. The van der Waals surface area contributed by atoms with Crippen molar-refractivity contribution in [3.05, 3.63) is 65.9 Å². The number of H-pyrrole nitrogens is 1. The lowest BCUT2D eigenvalue weighted by atomic mass is 9.65. The van der Waals surface area contributed by atoms with Crippen LogP contribution in [0.2, 0.25) is 0 Å². The van der Waals surface area contributed by atoms with Gasteiger partial charge in [0, 0.05) is 46.7 Å². The monoisotopic (exact) mass is 519 g/mol. The summed E-state index contributed by atoms with van der Waals surface area (Å²) in [7, 11) is 0. The largest absolute Gasteiger partial charge is 0.481 e. The van der Waals surface area contributed by atoms with Gasteiger partial charge in [-0.3, -0.25) is 9.78 Å². The number of anilines is 1. The molecule has 4 N–H and O–H groups in total. The summed E-state index contributed by atoms with van der Waals surface area (Å²) in [6.45, 7) is 0. The maximum atomic E-state index is 14.7. The number of pyridine rings is 2. The van der Waals surface area contributed by atoms with Crippen LogP contribution in [0.25, 0.3) is 33.3 Å². The van der Waals surface area contributed by atoms with Crippen molar-refractivity contribution in [2.75, 3.05) is 5.73 Å². The molecule has 10 heteroatoms. The van der Waals surface area contributed by atoms with Crippen molar-refractivity contribution in [2.45, 2.75) is 32.1 Å². The maximum Gasteiger partial charge on any atom is 0.306 e. The number of nitriles is 1. The summed E-state index contributed by atoms with van der Waals surface area (Å²) in [6, 6.07) is 6.93. The zero-order valence-corrected chi connectivity index (χ0v) is 20.2. The second-order valence-electron chi connectivity index (χ2n) is 9.74. The Hall–Kier alpha value is -4.39. The SMILES string of the molecule is N#Cc1c(-c2c[nH]c3c(F)cc(F)cc23)nc(N)c(F)c1-c1cccnc1.O=C(O)C1CC2CCC1CC2. The fourth-order valence-corrected chi connectivity index (χ4v) is 5.70. The molecule has 1 aromatic carbocycles. The van der Waals surface area contributed by atoms with E-state index < -0.39 is 29.2 Å². The van der Waals surface area contributed by atoms with Crippen LogP contribution in [0.1, 0.15) is 37.7 Å².